The number of hydrogen-bond acceptors (Lipinski definition) is 3. The number of carbonyl (C=O) groups excluding carboxylic acids is 1. The van der Waals surface area contributed by atoms with Crippen molar-refractivity contribution in [3.05, 3.63) is 0 Å². The molecule has 0 aromatic rings. The first-order chi connectivity index (χ1) is 11.3. The van der Waals surface area contributed by atoms with Crippen molar-refractivity contribution in [2.75, 3.05) is 0 Å². The van der Waals surface area contributed by atoms with Crippen LogP contribution in [0.4, 0.5) is 0 Å². The molecule has 136 valence electrons. The Labute approximate surface area is 143 Å². The smallest absolute Gasteiger partial charge is 0.138 e. The fourth-order valence-electron chi connectivity index (χ4n) is 2.94. The van der Waals surface area contributed by atoms with Crippen molar-refractivity contribution in [2.24, 2.45) is 5.16 Å². The molecule has 0 atom stereocenters. The van der Waals surface area contributed by atoms with Crippen LogP contribution < -0.4 is 0 Å². The van der Waals surface area contributed by atoms with Crippen molar-refractivity contribution in [1.82, 2.24) is 0 Å². The van der Waals surface area contributed by atoms with E-state index in [-0.39, 0.29) is 12.2 Å². The lowest BCUT2D eigenvalue weighted by Gasteiger charge is -2.03. The Morgan fingerprint density at radius 3 is 1.52 bits per heavy atom. The van der Waals surface area contributed by atoms with Crippen LogP contribution in [-0.4, -0.2) is 17.2 Å². The van der Waals surface area contributed by atoms with Crippen molar-refractivity contribution in [3.63, 3.8) is 0 Å². The first-order valence-corrected chi connectivity index (χ1v) is 9.98. The van der Waals surface area contributed by atoms with E-state index in [1.807, 2.05) is 0 Å². The molecule has 0 aliphatic rings. The van der Waals surface area contributed by atoms with E-state index < -0.39 is 0 Å². The van der Waals surface area contributed by atoms with Crippen LogP contribution in [0.1, 0.15) is 116 Å². The quantitative estimate of drug-likeness (QED) is 0.132. The van der Waals surface area contributed by atoms with Gasteiger partial charge in [-0.25, -0.2) is 0 Å². The Hall–Kier alpha value is -0.860. The van der Waals surface area contributed by atoms with Crippen LogP contribution >= 0.6 is 0 Å². The predicted octanol–water partition coefficient (Wildman–Crippen LogP) is 6.67. The number of unbranched alkanes of at least 4 members (excludes halogenated alkanes) is 14. The minimum atomic E-state index is 0.178. The van der Waals surface area contributed by atoms with Crippen LogP contribution in [0.15, 0.2) is 5.16 Å². The van der Waals surface area contributed by atoms with Gasteiger partial charge in [-0.3, -0.25) is 4.79 Å². The molecular formula is C20H39NO2. The number of oxime groups is 1. The molecule has 0 amide bonds. The number of carbonyl (C=O) groups is 1. The molecule has 0 aliphatic carbocycles. The van der Waals surface area contributed by atoms with Gasteiger partial charge in [0, 0.05) is 12.8 Å². The lowest BCUT2D eigenvalue weighted by molar-refractivity contribution is -0.118. The molecule has 1 N–H and O–H groups in total. The van der Waals surface area contributed by atoms with Crippen LogP contribution in [-0.2, 0) is 4.79 Å². The van der Waals surface area contributed by atoms with E-state index in [0.717, 1.165) is 12.8 Å². The Bertz CT molecular complexity index is 277. The van der Waals surface area contributed by atoms with E-state index in [9.17, 15) is 4.79 Å². The van der Waals surface area contributed by atoms with Crippen molar-refractivity contribution in [2.45, 2.75) is 116 Å². The molecule has 0 heterocycles. The topological polar surface area (TPSA) is 49.7 Å². The van der Waals surface area contributed by atoms with Gasteiger partial charge in [0.05, 0.1) is 6.21 Å². The molecule has 0 saturated heterocycles. The summed E-state index contributed by atoms with van der Waals surface area (Å²) in [6, 6.07) is 0. The first-order valence-electron chi connectivity index (χ1n) is 9.98. The minimum absolute atomic E-state index is 0.178. The van der Waals surface area contributed by atoms with Gasteiger partial charge >= 0.3 is 0 Å². The minimum Gasteiger partial charge on any atom is -0.411 e. The molecule has 3 heteroatoms. The van der Waals surface area contributed by atoms with E-state index in [2.05, 4.69) is 12.1 Å². The van der Waals surface area contributed by atoms with Crippen molar-refractivity contribution in [1.29, 1.82) is 0 Å². The molecule has 23 heavy (non-hydrogen) atoms. The summed E-state index contributed by atoms with van der Waals surface area (Å²) < 4.78 is 0. The van der Waals surface area contributed by atoms with E-state index in [1.54, 1.807) is 0 Å². The van der Waals surface area contributed by atoms with E-state index in [0.29, 0.717) is 6.42 Å². The van der Waals surface area contributed by atoms with Gasteiger partial charge in [0.25, 0.3) is 0 Å². The molecular weight excluding hydrogens is 286 g/mol. The Morgan fingerprint density at radius 1 is 0.739 bits per heavy atom. The Kier molecular flexibility index (Phi) is 18.5. The fraction of sp³-hybridized carbons (Fsp3) is 0.900. The monoisotopic (exact) mass is 325 g/mol. The van der Waals surface area contributed by atoms with Gasteiger partial charge in [-0.05, 0) is 6.42 Å². The van der Waals surface area contributed by atoms with Crippen LogP contribution in [0.2, 0.25) is 0 Å². The maximum Gasteiger partial charge on any atom is 0.138 e. The lowest BCUT2D eigenvalue weighted by atomic mass is 10.0. The molecule has 0 fully saturated rings. The van der Waals surface area contributed by atoms with Gasteiger partial charge in [0.15, 0.2) is 0 Å². The summed E-state index contributed by atoms with van der Waals surface area (Å²) in [6.07, 6.45) is 22.3. The predicted molar refractivity (Wildman–Crippen MR) is 99.4 cm³/mol. The number of nitrogens with zero attached hydrogens (tertiary/aromatic N) is 1. The third kappa shape index (κ3) is 19.1. The number of rotatable bonds is 18. The van der Waals surface area contributed by atoms with Crippen LogP contribution in [0.5, 0.6) is 0 Å². The standard InChI is InChI=1S/C20H39NO2/c1-2-3-4-5-6-7-8-9-10-11-12-13-14-15-16-17-20(22)18-19-21-23/h19,23H,2-18H2,1H3. The molecule has 0 aromatic carbocycles. The average molecular weight is 326 g/mol. The van der Waals surface area contributed by atoms with E-state index in [1.165, 1.54) is 89.7 Å². The zero-order chi connectivity index (χ0) is 17.0. The van der Waals surface area contributed by atoms with Crippen LogP contribution in [0.25, 0.3) is 0 Å². The molecule has 0 spiro atoms. The van der Waals surface area contributed by atoms with E-state index >= 15 is 0 Å². The van der Waals surface area contributed by atoms with Crippen molar-refractivity contribution in [3.8, 4) is 0 Å². The Balaban J connectivity index is 3.06. The second kappa shape index (κ2) is 19.2. The average Bonchev–Trinajstić information content (AvgIpc) is 2.56. The van der Waals surface area contributed by atoms with E-state index in [4.69, 9.17) is 5.21 Å². The third-order valence-corrected chi connectivity index (χ3v) is 4.46. The summed E-state index contributed by atoms with van der Waals surface area (Å²) in [6.45, 7) is 2.27. The molecule has 0 unspecified atom stereocenters. The molecule has 0 radical (unpaired) electrons. The van der Waals surface area contributed by atoms with Gasteiger partial charge in [-0.1, -0.05) is 96.8 Å². The number of Topliss-reactive ketones (excluding diaryl/α,β-unsaturated/α-hetero) is 1. The maximum absolute atomic E-state index is 11.3. The van der Waals surface area contributed by atoms with Crippen LogP contribution in [0.3, 0.4) is 0 Å². The third-order valence-electron chi connectivity index (χ3n) is 4.46. The summed E-state index contributed by atoms with van der Waals surface area (Å²) in [5.74, 6) is 0.178. The zero-order valence-corrected chi connectivity index (χ0v) is 15.4. The highest BCUT2D eigenvalue weighted by molar-refractivity contribution is 5.91. The largest absolute Gasteiger partial charge is 0.411 e. The summed E-state index contributed by atoms with van der Waals surface area (Å²) in [5, 5.41) is 11.1. The molecule has 0 bridgehead atoms. The SMILES string of the molecule is CCCCCCCCCCCCCCCCCC(=O)CC=NO. The second-order valence-electron chi connectivity index (χ2n) is 6.74. The summed E-state index contributed by atoms with van der Waals surface area (Å²) in [5.41, 5.74) is 0. The molecule has 0 aromatic heterocycles. The molecule has 0 aliphatic heterocycles. The fourth-order valence-corrected chi connectivity index (χ4v) is 2.94. The normalized spacial score (nSPS) is 11.3. The summed E-state index contributed by atoms with van der Waals surface area (Å²) in [7, 11) is 0. The highest BCUT2D eigenvalue weighted by Crippen LogP contribution is 2.13. The Morgan fingerprint density at radius 2 is 1.13 bits per heavy atom. The van der Waals surface area contributed by atoms with Gasteiger partial charge in [0.1, 0.15) is 5.78 Å². The van der Waals surface area contributed by atoms with Crippen molar-refractivity contribution < 1.29 is 10.0 Å². The highest BCUT2D eigenvalue weighted by atomic mass is 16.4. The van der Waals surface area contributed by atoms with Gasteiger partial charge in [0.2, 0.25) is 0 Å². The van der Waals surface area contributed by atoms with Gasteiger partial charge in [-0.2, -0.15) is 0 Å². The first kappa shape index (κ1) is 22.1. The molecule has 3 nitrogen and oxygen atoms in total. The number of hydrogen-bond donors (Lipinski definition) is 1. The maximum atomic E-state index is 11.3. The summed E-state index contributed by atoms with van der Waals surface area (Å²) >= 11 is 0. The number of ketones is 1. The van der Waals surface area contributed by atoms with Crippen LogP contribution in [0, 0.1) is 0 Å². The van der Waals surface area contributed by atoms with Gasteiger partial charge < -0.3 is 5.21 Å². The summed E-state index contributed by atoms with van der Waals surface area (Å²) in [4.78, 5) is 11.3. The second-order valence-corrected chi connectivity index (χ2v) is 6.74. The van der Waals surface area contributed by atoms with Crippen molar-refractivity contribution >= 4 is 12.0 Å². The zero-order valence-electron chi connectivity index (χ0n) is 15.4. The highest BCUT2D eigenvalue weighted by Gasteiger charge is 1.99. The molecule has 0 rings (SSSR count). The molecule has 0 saturated carbocycles. The lowest BCUT2D eigenvalue weighted by Crippen LogP contribution is -1.98. The van der Waals surface area contributed by atoms with Gasteiger partial charge in [-0.15, -0.1) is 5.16 Å².